The summed E-state index contributed by atoms with van der Waals surface area (Å²) in [5.74, 6) is -0.271. The molecule has 27 heavy (non-hydrogen) atoms. The fourth-order valence-electron chi connectivity index (χ4n) is 3.24. The van der Waals surface area contributed by atoms with Crippen LogP contribution >= 0.6 is 0 Å². The number of carboxylic acids is 1. The van der Waals surface area contributed by atoms with Crippen molar-refractivity contribution in [3.8, 4) is 0 Å². The van der Waals surface area contributed by atoms with Crippen molar-refractivity contribution in [1.82, 2.24) is 5.32 Å². The molecule has 2 rings (SSSR count). The van der Waals surface area contributed by atoms with Crippen LogP contribution in [-0.2, 0) is 17.6 Å². The molecule has 1 atom stereocenters. The molecule has 146 valence electrons. The minimum Gasteiger partial charge on any atom is -0.481 e. The van der Waals surface area contributed by atoms with Gasteiger partial charge in [0.2, 0.25) is 0 Å². The molecule has 2 aromatic rings. The van der Waals surface area contributed by atoms with Crippen molar-refractivity contribution in [2.45, 2.75) is 64.3 Å². The molecule has 0 saturated heterocycles. The summed E-state index contributed by atoms with van der Waals surface area (Å²) in [6, 6.07) is 13.6. The molecule has 0 fully saturated rings. The maximum Gasteiger partial charge on any atom is 0.305 e. The molecule has 1 heterocycles. The number of carbonyl (C=O) groups excluding carboxylic acids is 1. The maximum atomic E-state index is 12.7. The summed E-state index contributed by atoms with van der Waals surface area (Å²) >= 11 is 0. The van der Waals surface area contributed by atoms with Crippen molar-refractivity contribution in [1.29, 1.82) is 0 Å². The van der Waals surface area contributed by atoms with E-state index in [9.17, 15) is 14.7 Å². The van der Waals surface area contributed by atoms with Gasteiger partial charge >= 0.3 is 5.97 Å². The molecule has 0 aliphatic rings. The van der Waals surface area contributed by atoms with Crippen LogP contribution < -0.4 is 5.32 Å². The number of rotatable bonds is 11. The highest BCUT2D eigenvalue weighted by molar-refractivity contribution is 5.92. The van der Waals surface area contributed by atoms with Crippen molar-refractivity contribution in [2.75, 3.05) is 0 Å². The third-order valence-electron chi connectivity index (χ3n) is 4.94. The van der Waals surface area contributed by atoms with Crippen LogP contribution in [0.3, 0.4) is 0 Å². The molecule has 2 N–H and O–H groups in total. The average Bonchev–Trinajstić information content (AvgIpc) is 3.14. The number of hydrogen-bond acceptors (Lipinski definition) is 3. The fraction of sp³-hybridized carbons (Fsp3) is 0.455. The van der Waals surface area contributed by atoms with Crippen LogP contribution in [0.5, 0.6) is 0 Å². The molecule has 0 aliphatic heterocycles. The molecule has 1 aromatic carbocycles. The minimum atomic E-state index is -0.906. The summed E-state index contributed by atoms with van der Waals surface area (Å²) in [6.45, 7) is 3.96. The number of carboxylic acid groups (broad SMARTS) is 1. The molecular weight excluding hydrogens is 342 g/mol. The molecule has 1 amide bonds. The Kier molecular flexibility index (Phi) is 7.65. The Hall–Kier alpha value is -2.56. The highest BCUT2D eigenvalue weighted by Gasteiger charge is 2.33. The Balaban J connectivity index is 2.02. The van der Waals surface area contributed by atoms with Crippen LogP contribution in [0.25, 0.3) is 0 Å². The Labute approximate surface area is 160 Å². The van der Waals surface area contributed by atoms with E-state index in [-0.39, 0.29) is 18.1 Å². The van der Waals surface area contributed by atoms with E-state index in [1.165, 1.54) is 5.56 Å². The van der Waals surface area contributed by atoms with Crippen molar-refractivity contribution in [3.05, 3.63) is 59.5 Å². The lowest BCUT2D eigenvalue weighted by Gasteiger charge is -2.32. The zero-order valence-electron chi connectivity index (χ0n) is 16.2. The lowest BCUT2D eigenvalue weighted by molar-refractivity contribution is -0.138. The predicted molar refractivity (Wildman–Crippen MR) is 105 cm³/mol. The predicted octanol–water partition coefficient (Wildman–Crippen LogP) is 4.61. The first-order valence-corrected chi connectivity index (χ1v) is 9.65. The Morgan fingerprint density at radius 1 is 1.07 bits per heavy atom. The number of unbranched alkanes of at least 4 members (excludes halogenated alkanes) is 1. The third kappa shape index (κ3) is 6.27. The minimum absolute atomic E-state index is 0.0865. The monoisotopic (exact) mass is 371 g/mol. The summed E-state index contributed by atoms with van der Waals surface area (Å²) in [4.78, 5) is 24.0. The van der Waals surface area contributed by atoms with Crippen LogP contribution in [0.1, 0.15) is 67.8 Å². The number of hydrogen-bond donors (Lipinski definition) is 2. The average molecular weight is 371 g/mol. The molecule has 0 bridgehead atoms. The highest BCUT2D eigenvalue weighted by Crippen LogP contribution is 2.24. The number of furan rings is 1. The summed E-state index contributed by atoms with van der Waals surface area (Å²) in [5.41, 5.74) is 0.474. The zero-order valence-corrected chi connectivity index (χ0v) is 16.2. The van der Waals surface area contributed by atoms with Gasteiger partial charge in [0.05, 0.1) is 12.0 Å². The van der Waals surface area contributed by atoms with Gasteiger partial charge in [0, 0.05) is 6.42 Å². The summed E-state index contributed by atoms with van der Waals surface area (Å²) in [5, 5.41) is 12.2. The Morgan fingerprint density at radius 3 is 2.44 bits per heavy atom. The number of amides is 1. The smallest absolute Gasteiger partial charge is 0.305 e. The molecule has 1 aromatic heterocycles. The van der Waals surface area contributed by atoms with Gasteiger partial charge in [-0.25, -0.2) is 0 Å². The van der Waals surface area contributed by atoms with Gasteiger partial charge in [-0.3, -0.25) is 9.59 Å². The van der Waals surface area contributed by atoms with E-state index >= 15 is 0 Å². The molecule has 0 aliphatic carbocycles. The van der Waals surface area contributed by atoms with Crippen LogP contribution in [0.4, 0.5) is 0 Å². The molecular formula is C22H29NO4. The van der Waals surface area contributed by atoms with Gasteiger partial charge in [0.25, 0.3) is 5.91 Å². The number of benzene rings is 1. The van der Waals surface area contributed by atoms with Crippen LogP contribution in [-0.4, -0.2) is 22.5 Å². The third-order valence-corrected chi connectivity index (χ3v) is 4.94. The Morgan fingerprint density at radius 2 is 1.81 bits per heavy atom. The van der Waals surface area contributed by atoms with E-state index in [1.807, 2.05) is 31.2 Å². The zero-order chi connectivity index (χ0) is 19.7. The Bertz CT molecular complexity index is 738. The molecule has 1 unspecified atom stereocenters. The van der Waals surface area contributed by atoms with E-state index in [0.717, 1.165) is 25.0 Å². The van der Waals surface area contributed by atoms with Crippen LogP contribution in [0.15, 0.2) is 46.9 Å². The standard InChI is InChI=1S/C22H29NO4/c1-3-5-15-22(4-2,16-20(24)25)23-21(26)19-14-13-18(27-19)12-11-17-9-7-6-8-10-17/h6-10,13-14H,3-5,11-12,15-16H2,1-2H3,(H,23,26)(H,24,25). The number of carbonyl (C=O) groups is 2. The van der Waals surface area contributed by atoms with Crippen molar-refractivity contribution in [3.63, 3.8) is 0 Å². The van der Waals surface area contributed by atoms with E-state index in [1.54, 1.807) is 6.07 Å². The van der Waals surface area contributed by atoms with Crippen LogP contribution in [0, 0.1) is 0 Å². The van der Waals surface area contributed by atoms with E-state index in [0.29, 0.717) is 19.3 Å². The SMILES string of the molecule is CCCCC(CC)(CC(=O)O)NC(=O)c1ccc(CCc2ccccc2)o1. The molecule has 0 spiro atoms. The first-order chi connectivity index (χ1) is 13.0. The van der Waals surface area contributed by atoms with E-state index < -0.39 is 11.5 Å². The van der Waals surface area contributed by atoms with Crippen LogP contribution in [0.2, 0.25) is 0 Å². The summed E-state index contributed by atoms with van der Waals surface area (Å²) in [7, 11) is 0. The second kappa shape index (κ2) is 9.95. The topological polar surface area (TPSA) is 79.5 Å². The summed E-state index contributed by atoms with van der Waals surface area (Å²) < 4.78 is 5.71. The first kappa shape index (κ1) is 20.7. The summed E-state index contributed by atoms with van der Waals surface area (Å²) in [6.07, 6.45) is 4.47. The molecule has 0 saturated carbocycles. The van der Waals surface area contributed by atoms with E-state index in [4.69, 9.17) is 4.42 Å². The number of nitrogens with one attached hydrogen (secondary N) is 1. The largest absolute Gasteiger partial charge is 0.481 e. The first-order valence-electron chi connectivity index (χ1n) is 9.65. The quantitative estimate of drug-likeness (QED) is 0.604. The molecule has 5 heteroatoms. The van der Waals surface area contributed by atoms with Gasteiger partial charge in [-0.05, 0) is 37.0 Å². The van der Waals surface area contributed by atoms with Gasteiger partial charge < -0.3 is 14.8 Å². The normalized spacial score (nSPS) is 13.1. The van der Waals surface area contributed by atoms with Crippen molar-refractivity contribution >= 4 is 11.9 Å². The van der Waals surface area contributed by atoms with Crippen molar-refractivity contribution in [2.24, 2.45) is 0 Å². The number of aliphatic carboxylic acids is 1. The second-order valence-corrected chi connectivity index (χ2v) is 7.01. The fourth-order valence-corrected chi connectivity index (χ4v) is 3.24. The van der Waals surface area contributed by atoms with Gasteiger partial charge in [-0.1, -0.05) is 57.0 Å². The maximum absolute atomic E-state index is 12.7. The van der Waals surface area contributed by atoms with Crippen molar-refractivity contribution < 1.29 is 19.1 Å². The highest BCUT2D eigenvalue weighted by atomic mass is 16.4. The van der Waals surface area contributed by atoms with E-state index in [2.05, 4.69) is 24.4 Å². The van der Waals surface area contributed by atoms with Gasteiger partial charge in [0.15, 0.2) is 5.76 Å². The van der Waals surface area contributed by atoms with Gasteiger partial charge in [0.1, 0.15) is 5.76 Å². The number of aryl methyl sites for hydroxylation is 2. The van der Waals surface area contributed by atoms with Gasteiger partial charge in [-0.15, -0.1) is 0 Å². The molecule has 5 nitrogen and oxygen atoms in total. The molecule has 0 radical (unpaired) electrons. The lowest BCUT2D eigenvalue weighted by Crippen LogP contribution is -2.49. The van der Waals surface area contributed by atoms with Gasteiger partial charge in [-0.2, -0.15) is 0 Å². The second-order valence-electron chi connectivity index (χ2n) is 7.01. The lowest BCUT2D eigenvalue weighted by atomic mass is 9.86.